The maximum absolute atomic E-state index is 8.58. The highest BCUT2D eigenvalue weighted by molar-refractivity contribution is 7.25. The first-order chi connectivity index (χ1) is 23.9. The van der Waals surface area contributed by atoms with E-state index >= 15 is 0 Å². The Balaban J connectivity index is 1.20. The molecule has 0 saturated heterocycles. The largest absolute Gasteiger partial charge is 0.455 e. The SMILES string of the molecule is [2H]c1c([2H])c([2H])c(-c2nc(-c3ccccc3)nc(-c3ccc4sc5cc(-c6cccc7c6oc6ccccc67)ccc5c4c3)n2)c([2H])c1[2H]. The lowest BCUT2D eigenvalue weighted by molar-refractivity contribution is 0.670. The van der Waals surface area contributed by atoms with E-state index in [9.17, 15) is 0 Å². The molecule has 4 nitrogen and oxygen atoms in total. The highest BCUT2D eigenvalue weighted by Gasteiger charge is 2.16. The van der Waals surface area contributed by atoms with Crippen LogP contribution in [0.4, 0.5) is 0 Å². The Morgan fingerprint density at radius 2 is 1.23 bits per heavy atom. The Bertz CT molecular complexity index is 2770. The average Bonchev–Trinajstić information content (AvgIpc) is 3.71. The van der Waals surface area contributed by atoms with Crippen LogP contribution in [-0.4, -0.2) is 15.0 Å². The van der Waals surface area contributed by atoms with Crippen LogP contribution in [0.5, 0.6) is 0 Å². The molecule has 3 heterocycles. The maximum atomic E-state index is 8.58. The highest BCUT2D eigenvalue weighted by atomic mass is 32.1. The third kappa shape index (κ3) is 4.09. The molecule has 0 aliphatic heterocycles. The van der Waals surface area contributed by atoms with E-state index in [1.54, 1.807) is 11.3 Å². The second-order valence-electron chi connectivity index (χ2n) is 10.5. The fourth-order valence-corrected chi connectivity index (χ4v) is 6.88. The molecule has 0 spiro atoms. The maximum Gasteiger partial charge on any atom is 0.164 e. The minimum Gasteiger partial charge on any atom is -0.455 e. The second-order valence-corrected chi connectivity index (χ2v) is 11.6. The van der Waals surface area contributed by atoms with Crippen LogP contribution in [-0.2, 0) is 0 Å². The summed E-state index contributed by atoms with van der Waals surface area (Å²) >= 11 is 1.70. The number of hydrogen-bond acceptors (Lipinski definition) is 5. The summed E-state index contributed by atoms with van der Waals surface area (Å²) in [6.07, 6.45) is 0. The zero-order chi connectivity index (χ0) is 33.4. The number of fused-ring (bicyclic) bond motifs is 6. The van der Waals surface area contributed by atoms with Crippen LogP contribution in [0.2, 0.25) is 0 Å². The molecule has 0 atom stereocenters. The van der Waals surface area contributed by atoms with E-state index in [-0.39, 0.29) is 23.5 Å². The van der Waals surface area contributed by atoms with E-state index < -0.39 is 18.1 Å². The molecule has 0 aliphatic rings. The fourth-order valence-electron chi connectivity index (χ4n) is 5.75. The third-order valence-electron chi connectivity index (χ3n) is 7.84. The van der Waals surface area contributed by atoms with Gasteiger partial charge in [0.25, 0.3) is 0 Å². The highest BCUT2D eigenvalue weighted by Crippen LogP contribution is 2.41. The van der Waals surface area contributed by atoms with Crippen LogP contribution in [0, 0.1) is 0 Å². The van der Waals surface area contributed by atoms with E-state index in [1.807, 2.05) is 66.7 Å². The van der Waals surface area contributed by atoms with Gasteiger partial charge in [-0.15, -0.1) is 11.3 Å². The van der Waals surface area contributed by atoms with Crippen molar-refractivity contribution in [3.05, 3.63) is 139 Å². The predicted octanol–water partition coefficient (Wildman–Crippen LogP) is 10.8. The predicted molar refractivity (Wildman–Crippen MR) is 182 cm³/mol. The van der Waals surface area contributed by atoms with E-state index in [1.165, 1.54) is 0 Å². The smallest absolute Gasteiger partial charge is 0.164 e. The van der Waals surface area contributed by atoms with E-state index in [4.69, 9.17) is 21.2 Å². The molecule has 0 unspecified atom stereocenters. The summed E-state index contributed by atoms with van der Waals surface area (Å²) in [4.78, 5) is 14.1. The van der Waals surface area contributed by atoms with Crippen LogP contribution in [0.3, 0.4) is 0 Å². The second kappa shape index (κ2) is 9.97. The van der Waals surface area contributed by atoms with Crippen LogP contribution >= 0.6 is 11.3 Å². The Labute approximate surface area is 264 Å². The lowest BCUT2D eigenvalue weighted by Crippen LogP contribution is -2.00. The Kier molecular flexibility index (Phi) is 4.60. The molecule has 206 valence electrons. The van der Waals surface area contributed by atoms with Crippen molar-refractivity contribution < 1.29 is 11.3 Å². The number of rotatable bonds is 4. The van der Waals surface area contributed by atoms with Gasteiger partial charge >= 0.3 is 0 Å². The van der Waals surface area contributed by atoms with Gasteiger partial charge in [0.1, 0.15) is 11.2 Å². The third-order valence-corrected chi connectivity index (χ3v) is 8.97. The summed E-state index contributed by atoms with van der Waals surface area (Å²) in [6, 6.07) is 34.1. The summed E-state index contributed by atoms with van der Waals surface area (Å²) < 4.78 is 50.2. The molecule has 3 aromatic heterocycles. The van der Waals surface area contributed by atoms with Gasteiger partial charge in [-0.05, 0) is 35.9 Å². The average molecular weight is 587 g/mol. The van der Waals surface area contributed by atoms with Crippen molar-refractivity contribution in [1.82, 2.24) is 15.0 Å². The van der Waals surface area contributed by atoms with Gasteiger partial charge in [0.05, 0.1) is 6.85 Å². The zero-order valence-electron chi connectivity index (χ0n) is 28.1. The van der Waals surface area contributed by atoms with Crippen molar-refractivity contribution in [2.75, 3.05) is 0 Å². The molecule has 0 bridgehead atoms. The fraction of sp³-hybridized carbons (Fsp3) is 0. The molecule has 0 amide bonds. The lowest BCUT2D eigenvalue weighted by atomic mass is 10.0. The Morgan fingerprint density at radius 1 is 0.500 bits per heavy atom. The van der Waals surface area contributed by atoms with Crippen molar-refractivity contribution in [1.29, 1.82) is 0 Å². The van der Waals surface area contributed by atoms with E-state index in [0.29, 0.717) is 17.2 Å². The van der Waals surface area contributed by atoms with Gasteiger partial charge in [-0.3, -0.25) is 0 Å². The molecule has 0 saturated carbocycles. The minimum absolute atomic E-state index is 0.0144. The molecule has 0 radical (unpaired) electrons. The van der Waals surface area contributed by atoms with Gasteiger partial charge in [-0.2, -0.15) is 0 Å². The van der Waals surface area contributed by atoms with Crippen molar-refractivity contribution in [3.63, 3.8) is 0 Å². The van der Waals surface area contributed by atoms with Gasteiger partial charge < -0.3 is 4.42 Å². The minimum atomic E-state index is -0.469. The van der Waals surface area contributed by atoms with Crippen LogP contribution < -0.4 is 0 Å². The summed E-state index contributed by atoms with van der Waals surface area (Å²) in [7, 11) is 0. The molecule has 5 heteroatoms. The summed E-state index contributed by atoms with van der Waals surface area (Å²) in [5.74, 6) is 0.692. The molecular weight excluding hydrogens is 559 g/mol. The summed E-state index contributed by atoms with van der Waals surface area (Å²) in [5.41, 5.74) is 5.20. The number of thiophene rings is 1. The van der Waals surface area contributed by atoms with E-state index in [0.717, 1.165) is 58.8 Å². The molecule has 0 aliphatic carbocycles. The summed E-state index contributed by atoms with van der Waals surface area (Å²) in [5, 5.41) is 4.31. The molecule has 0 fully saturated rings. The first kappa shape index (κ1) is 20.3. The monoisotopic (exact) mass is 586 g/mol. The van der Waals surface area contributed by atoms with Gasteiger partial charge in [-0.1, -0.05) is 109 Å². The standard InChI is InChI=1S/C39H23N3OS/c1-3-10-24(11-4-1)37-40-38(25-12-5-2-6-13-25)42-39(41-37)27-19-21-34-32(22-27)30-20-18-26(23-35(30)44-34)28-15-9-16-31-29-14-7-8-17-33(29)43-36(28)31/h1-23H/i1D,3D,4D,10D,11D. The number of nitrogens with zero attached hydrogens (tertiary/aromatic N) is 3. The quantitative estimate of drug-likeness (QED) is 0.206. The van der Waals surface area contributed by atoms with Gasteiger partial charge in [0.15, 0.2) is 17.5 Å². The molecule has 9 aromatic rings. The van der Waals surface area contributed by atoms with Crippen molar-refractivity contribution in [2.24, 2.45) is 0 Å². The van der Waals surface area contributed by atoms with Crippen molar-refractivity contribution in [3.8, 4) is 45.3 Å². The number of benzene rings is 6. The lowest BCUT2D eigenvalue weighted by Gasteiger charge is -2.08. The van der Waals surface area contributed by atoms with Crippen LogP contribution in [0.15, 0.2) is 144 Å². The number of furan rings is 1. The number of aromatic nitrogens is 3. The number of hydrogen-bond donors (Lipinski definition) is 0. The Morgan fingerprint density at radius 3 is 2.09 bits per heavy atom. The Hall–Kier alpha value is -5.65. The first-order valence-electron chi connectivity index (χ1n) is 16.6. The van der Waals surface area contributed by atoms with Gasteiger partial charge in [-0.25, -0.2) is 15.0 Å². The molecular formula is C39H23N3OS. The molecule has 6 aromatic carbocycles. The van der Waals surface area contributed by atoms with Gasteiger partial charge in [0.2, 0.25) is 0 Å². The topological polar surface area (TPSA) is 51.8 Å². The van der Waals surface area contributed by atoms with Crippen LogP contribution in [0.1, 0.15) is 6.85 Å². The molecule has 44 heavy (non-hydrogen) atoms. The number of para-hydroxylation sites is 2. The zero-order valence-corrected chi connectivity index (χ0v) is 23.9. The van der Waals surface area contributed by atoms with Crippen molar-refractivity contribution >= 4 is 53.4 Å². The normalized spacial score (nSPS) is 13.2. The molecule has 0 N–H and O–H groups in total. The van der Waals surface area contributed by atoms with E-state index in [2.05, 4.69) is 47.4 Å². The van der Waals surface area contributed by atoms with Crippen molar-refractivity contribution in [2.45, 2.75) is 0 Å². The summed E-state index contributed by atoms with van der Waals surface area (Å²) in [6.45, 7) is 0. The van der Waals surface area contributed by atoms with Gasteiger partial charge in [0, 0.05) is 53.2 Å². The van der Waals surface area contributed by atoms with Crippen LogP contribution in [0.25, 0.3) is 87.4 Å². The first-order valence-corrected chi connectivity index (χ1v) is 14.9. The molecule has 9 rings (SSSR count).